The molecular formula is C19H25FN2O3. The quantitative estimate of drug-likeness (QED) is 0.914. The van der Waals surface area contributed by atoms with Gasteiger partial charge in [0.15, 0.2) is 0 Å². The molecule has 1 aliphatic carbocycles. The Balaban J connectivity index is 1.92. The summed E-state index contributed by atoms with van der Waals surface area (Å²) in [5.74, 6) is -0.869. The molecule has 1 heterocycles. The van der Waals surface area contributed by atoms with Crippen LogP contribution in [0.2, 0.25) is 0 Å². The van der Waals surface area contributed by atoms with Crippen molar-refractivity contribution >= 4 is 11.8 Å². The zero-order chi connectivity index (χ0) is 18.0. The average molecular weight is 348 g/mol. The summed E-state index contributed by atoms with van der Waals surface area (Å²) in [6.07, 6.45) is 4.49. The number of hydrogen-bond acceptors (Lipinski definition) is 3. The maximum absolute atomic E-state index is 13.2. The van der Waals surface area contributed by atoms with Crippen LogP contribution in [0, 0.1) is 5.82 Å². The second kappa shape index (κ2) is 7.12. The first-order valence-corrected chi connectivity index (χ1v) is 8.96. The number of rotatable bonds is 3. The number of hydrogen-bond donors (Lipinski definition) is 1. The number of nitrogens with zero attached hydrogens (tertiary/aromatic N) is 1. The fourth-order valence-electron chi connectivity index (χ4n) is 3.78. The summed E-state index contributed by atoms with van der Waals surface area (Å²) in [7, 11) is 0. The lowest BCUT2D eigenvalue weighted by molar-refractivity contribution is -0.127. The molecule has 2 amide bonds. The van der Waals surface area contributed by atoms with Crippen LogP contribution in [0.1, 0.15) is 56.3 Å². The molecule has 1 atom stereocenters. The molecule has 1 aliphatic heterocycles. The van der Waals surface area contributed by atoms with E-state index >= 15 is 0 Å². The van der Waals surface area contributed by atoms with E-state index in [1.165, 1.54) is 24.3 Å². The molecular weight excluding hydrogens is 323 g/mol. The molecule has 5 nitrogen and oxygen atoms in total. The Morgan fingerprint density at radius 3 is 2.44 bits per heavy atom. The number of ether oxygens (including phenoxy) is 1. The molecule has 25 heavy (non-hydrogen) atoms. The van der Waals surface area contributed by atoms with Gasteiger partial charge in [-0.25, -0.2) is 4.39 Å². The Bertz CT molecular complexity index is 639. The molecule has 2 aliphatic rings. The lowest BCUT2D eigenvalue weighted by Gasteiger charge is -2.41. The molecule has 1 spiro atoms. The van der Waals surface area contributed by atoms with Crippen molar-refractivity contribution in [2.45, 2.75) is 63.8 Å². The van der Waals surface area contributed by atoms with Crippen LogP contribution in [0.3, 0.4) is 0 Å². The van der Waals surface area contributed by atoms with Crippen LogP contribution in [-0.4, -0.2) is 41.1 Å². The molecule has 1 saturated carbocycles. The molecule has 0 bridgehead atoms. The molecule has 0 unspecified atom stereocenters. The first-order chi connectivity index (χ1) is 11.9. The highest BCUT2D eigenvalue weighted by molar-refractivity contribution is 5.98. The number of carbonyl (C=O) groups is 2. The third kappa shape index (κ3) is 3.54. The van der Waals surface area contributed by atoms with E-state index in [2.05, 4.69) is 5.32 Å². The van der Waals surface area contributed by atoms with Gasteiger partial charge in [-0.2, -0.15) is 0 Å². The Hall–Kier alpha value is -1.95. The van der Waals surface area contributed by atoms with Gasteiger partial charge >= 0.3 is 0 Å². The van der Waals surface area contributed by atoms with Crippen molar-refractivity contribution in [3.05, 3.63) is 35.6 Å². The largest absolute Gasteiger partial charge is 0.353 e. The van der Waals surface area contributed by atoms with Gasteiger partial charge in [0, 0.05) is 11.6 Å². The predicted octanol–water partition coefficient (Wildman–Crippen LogP) is 2.85. The molecule has 0 aromatic heterocycles. The van der Waals surface area contributed by atoms with Crippen molar-refractivity contribution in [2.24, 2.45) is 0 Å². The number of carbonyl (C=O) groups excluding carboxylic acids is 2. The normalized spacial score (nSPS) is 22.4. The number of nitrogens with one attached hydrogen (secondary N) is 1. The highest BCUT2D eigenvalue weighted by Crippen LogP contribution is 2.41. The predicted molar refractivity (Wildman–Crippen MR) is 91.4 cm³/mol. The summed E-state index contributed by atoms with van der Waals surface area (Å²) in [5, 5.41) is 2.88. The fraction of sp³-hybridized carbons (Fsp3) is 0.579. The Morgan fingerprint density at radius 2 is 1.84 bits per heavy atom. The van der Waals surface area contributed by atoms with E-state index in [0.29, 0.717) is 5.56 Å². The lowest BCUT2D eigenvalue weighted by atomic mass is 9.89. The van der Waals surface area contributed by atoms with E-state index in [-0.39, 0.29) is 24.5 Å². The van der Waals surface area contributed by atoms with Crippen molar-refractivity contribution in [1.82, 2.24) is 10.2 Å². The third-order valence-corrected chi connectivity index (χ3v) is 4.94. The van der Waals surface area contributed by atoms with E-state index in [1.54, 1.807) is 4.90 Å². The summed E-state index contributed by atoms with van der Waals surface area (Å²) >= 11 is 0. The van der Waals surface area contributed by atoms with E-state index in [4.69, 9.17) is 4.74 Å². The van der Waals surface area contributed by atoms with Crippen molar-refractivity contribution in [1.29, 1.82) is 0 Å². The highest BCUT2D eigenvalue weighted by atomic mass is 19.1. The van der Waals surface area contributed by atoms with Gasteiger partial charge in [0.1, 0.15) is 17.6 Å². The molecule has 1 aromatic carbocycles. The molecule has 6 heteroatoms. The van der Waals surface area contributed by atoms with Crippen LogP contribution in [0.5, 0.6) is 0 Å². The monoisotopic (exact) mass is 348 g/mol. The Labute approximate surface area is 147 Å². The SMILES string of the molecule is CC(C)NC(=O)[C@@H]1COC2(CCCCC2)N1C(=O)c1ccc(F)cc1. The number of benzene rings is 1. The van der Waals surface area contributed by atoms with Crippen molar-refractivity contribution in [3.63, 3.8) is 0 Å². The second-order valence-corrected chi connectivity index (χ2v) is 7.18. The topological polar surface area (TPSA) is 58.6 Å². The van der Waals surface area contributed by atoms with Crippen molar-refractivity contribution < 1.29 is 18.7 Å². The summed E-state index contributed by atoms with van der Waals surface area (Å²) in [5.41, 5.74) is -0.345. The molecule has 0 radical (unpaired) electrons. The Morgan fingerprint density at radius 1 is 1.20 bits per heavy atom. The minimum atomic E-state index is -0.720. The minimum Gasteiger partial charge on any atom is -0.353 e. The molecule has 2 fully saturated rings. The molecule has 3 rings (SSSR count). The van der Waals surface area contributed by atoms with Gasteiger partial charge in [-0.15, -0.1) is 0 Å². The highest BCUT2D eigenvalue weighted by Gasteiger charge is 2.52. The van der Waals surface area contributed by atoms with Crippen molar-refractivity contribution in [2.75, 3.05) is 6.61 Å². The number of amides is 2. The fourth-order valence-corrected chi connectivity index (χ4v) is 3.78. The molecule has 1 saturated heterocycles. The first kappa shape index (κ1) is 17.9. The van der Waals surface area contributed by atoms with Crippen LogP contribution in [-0.2, 0) is 9.53 Å². The van der Waals surface area contributed by atoms with E-state index < -0.39 is 17.6 Å². The first-order valence-electron chi connectivity index (χ1n) is 8.96. The van der Waals surface area contributed by atoms with Crippen LogP contribution < -0.4 is 5.32 Å². The molecule has 1 N–H and O–H groups in total. The van der Waals surface area contributed by atoms with E-state index in [0.717, 1.165) is 32.1 Å². The van der Waals surface area contributed by atoms with Gasteiger partial charge in [0.05, 0.1) is 6.61 Å². The molecule has 1 aromatic rings. The van der Waals surface area contributed by atoms with Gasteiger partial charge in [0.2, 0.25) is 5.91 Å². The standard InChI is InChI=1S/C19H25FN2O3/c1-13(2)21-17(23)16-12-25-19(10-4-3-5-11-19)22(16)18(24)14-6-8-15(20)9-7-14/h6-9,13,16H,3-5,10-12H2,1-2H3,(H,21,23)/t16-/m0/s1. The van der Waals surface area contributed by atoms with Crippen LogP contribution in [0.4, 0.5) is 4.39 Å². The van der Waals surface area contributed by atoms with E-state index in [1.807, 2.05) is 13.8 Å². The van der Waals surface area contributed by atoms with Gasteiger partial charge in [0.25, 0.3) is 5.91 Å². The third-order valence-electron chi connectivity index (χ3n) is 4.94. The van der Waals surface area contributed by atoms with Gasteiger partial charge in [-0.1, -0.05) is 6.42 Å². The van der Waals surface area contributed by atoms with Crippen LogP contribution in [0.25, 0.3) is 0 Å². The summed E-state index contributed by atoms with van der Waals surface area (Å²) in [6.45, 7) is 3.97. The van der Waals surface area contributed by atoms with Gasteiger partial charge < -0.3 is 10.1 Å². The van der Waals surface area contributed by atoms with Crippen LogP contribution in [0.15, 0.2) is 24.3 Å². The second-order valence-electron chi connectivity index (χ2n) is 7.18. The van der Waals surface area contributed by atoms with Crippen molar-refractivity contribution in [3.8, 4) is 0 Å². The Kier molecular flexibility index (Phi) is 5.08. The maximum atomic E-state index is 13.2. The van der Waals surface area contributed by atoms with Crippen LogP contribution >= 0.6 is 0 Å². The maximum Gasteiger partial charge on any atom is 0.256 e. The number of halogens is 1. The smallest absolute Gasteiger partial charge is 0.256 e. The molecule has 136 valence electrons. The minimum absolute atomic E-state index is 0.0156. The van der Waals surface area contributed by atoms with E-state index in [9.17, 15) is 14.0 Å². The average Bonchev–Trinajstić information content (AvgIpc) is 2.93. The summed E-state index contributed by atoms with van der Waals surface area (Å²) in [4.78, 5) is 27.4. The summed E-state index contributed by atoms with van der Waals surface area (Å²) < 4.78 is 19.3. The zero-order valence-corrected chi connectivity index (χ0v) is 14.8. The summed E-state index contributed by atoms with van der Waals surface area (Å²) in [6, 6.07) is 4.78. The lowest BCUT2D eigenvalue weighted by Crippen LogP contribution is -2.57. The van der Waals surface area contributed by atoms with Gasteiger partial charge in [-0.05, 0) is 63.8 Å². The van der Waals surface area contributed by atoms with Gasteiger partial charge in [-0.3, -0.25) is 14.5 Å². The zero-order valence-electron chi connectivity index (χ0n) is 14.8.